The van der Waals surface area contributed by atoms with E-state index in [1.165, 1.54) is 124 Å². The van der Waals surface area contributed by atoms with Crippen LogP contribution in [0.25, 0.3) is 0 Å². The zero-order valence-electron chi connectivity index (χ0n) is 24.9. The van der Waals surface area contributed by atoms with Crippen molar-refractivity contribution in [2.24, 2.45) is 0 Å². The van der Waals surface area contributed by atoms with Gasteiger partial charge in [-0.3, -0.25) is 0 Å². The predicted octanol–water partition coefficient (Wildman–Crippen LogP) is 8.08. The van der Waals surface area contributed by atoms with Crippen LogP contribution in [0.1, 0.15) is 139 Å². The van der Waals surface area contributed by atoms with Crippen molar-refractivity contribution in [3.63, 3.8) is 0 Å². The topological polar surface area (TPSA) is 9.23 Å². The number of benzene rings is 1. The molecule has 0 radical (unpaired) electrons. The highest BCUT2D eigenvalue weighted by Gasteiger charge is 2.35. The predicted molar refractivity (Wildman–Crippen MR) is 160 cm³/mol. The van der Waals surface area contributed by atoms with Crippen molar-refractivity contribution in [2.75, 3.05) is 0 Å². The Hall–Kier alpha value is -1.03. The Morgan fingerprint density at radius 3 is 1.89 bits per heavy atom. The fourth-order valence-corrected chi connectivity index (χ4v) is 8.06. The molecule has 0 amide bonds. The van der Waals surface area contributed by atoms with E-state index in [4.69, 9.17) is 4.74 Å². The Balaban J connectivity index is 1.70. The first kappa shape index (κ1) is 32.2. The van der Waals surface area contributed by atoms with E-state index in [1.807, 2.05) is 12.2 Å². The van der Waals surface area contributed by atoms with E-state index >= 15 is 0 Å². The second-order valence-electron chi connectivity index (χ2n) is 11.4. The first-order chi connectivity index (χ1) is 17.9. The SMILES string of the molecule is C=C/C=C\C=C\[I+]c1c(C)c(C)c2c(c1C)CC[C@@](C)(CCCCCCCCCCCCCCCC)O2. The van der Waals surface area contributed by atoms with E-state index < -0.39 is 0 Å². The summed E-state index contributed by atoms with van der Waals surface area (Å²) in [6.45, 7) is 15.3. The van der Waals surface area contributed by atoms with Gasteiger partial charge in [-0.25, -0.2) is 0 Å². The van der Waals surface area contributed by atoms with E-state index in [2.05, 4.69) is 57.4 Å². The summed E-state index contributed by atoms with van der Waals surface area (Å²) in [5.74, 6) is 1.21. The van der Waals surface area contributed by atoms with E-state index in [9.17, 15) is 0 Å². The summed E-state index contributed by atoms with van der Waals surface area (Å²) < 4.78 is 10.8. The third-order valence-corrected chi connectivity index (χ3v) is 11.2. The lowest BCUT2D eigenvalue weighted by Gasteiger charge is -2.38. The largest absolute Gasteiger partial charge is 0.487 e. The average Bonchev–Trinajstić information content (AvgIpc) is 2.89. The standard InChI is InChI=1S/C35H56IO/c1-7-9-11-13-14-15-16-17-18-19-20-21-22-23-26-35(6)27-25-32-31(5)33(36-28-24-12-10-8-2)29(3)30(4)34(32)37-35/h8,10,12,24,28H,2,7,9,11,13-23,25-27H2,1,3-6H3/q+1/b12-10-,28-24+/t35-/m1/s1. The maximum absolute atomic E-state index is 6.81. The molecular weight excluding hydrogens is 563 g/mol. The Morgan fingerprint density at radius 1 is 0.757 bits per heavy atom. The normalized spacial score (nSPS) is 17.4. The number of unbranched alkanes of at least 4 members (excludes halogenated alkanes) is 13. The number of rotatable bonds is 19. The summed E-state index contributed by atoms with van der Waals surface area (Å²) in [6.07, 6.45) is 31.4. The molecule has 0 fully saturated rings. The minimum Gasteiger partial charge on any atom is -0.487 e. The van der Waals surface area contributed by atoms with Crippen LogP contribution in [0.2, 0.25) is 0 Å². The van der Waals surface area contributed by atoms with Crippen molar-refractivity contribution >= 4 is 0 Å². The third kappa shape index (κ3) is 11.3. The molecular formula is C35H56IO+. The van der Waals surface area contributed by atoms with Gasteiger partial charge in [0.15, 0.2) is 7.65 Å². The lowest BCUT2D eigenvalue weighted by molar-refractivity contribution is -0.558. The van der Waals surface area contributed by atoms with Gasteiger partial charge in [0, 0.05) is 16.7 Å². The van der Waals surface area contributed by atoms with E-state index in [-0.39, 0.29) is 26.8 Å². The second kappa shape index (κ2) is 18.3. The first-order valence-electron chi connectivity index (χ1n) is 15.3. The van der Waals surface area contributed by atoms with Crippen LogP contribution < -0.4 is 25.9 Å². The summed E-state index contributed by atoms with van der Waals surface area (Å²) in [6, 6.07) is 0. The molecule has 0 saturated carbocycles. The van der Waals surface area contributed by atoms with Crippen LogP contribution in [-0.4, -0.2) is 5.60 Å². The first-order valence-corrected chi connectivity index (χ1v) is 17.6. The molecule has 2 heteroatoms. The minimum atomic E-state index is -0.140. The monoisotopic (exact) mass is 619 g/mol. The van der Waals surface area contributed by atoms with Gasteiger partial charge in [0.2, 0.25) is 0 Å². The number of hydrogen-bond donors (Lipinski definition) is 0. The molecule has 2 rings (SSSR count). The van der Waals surface area contributed by atoms with Crippen molar-refractivity contribution in [1.29, 1.82) is 0 Å². The molecule has 1 nitrogen and oxygen atoms in total. The molecule has 0 unspecified atom stereocenters. The van der Waals surface area contributed by atoms with Crippen LogP contribution in [0, 0.1) is 24.3 Å². The smallest absolute Gasteiger partial charge is 0.350 e. The zero-order chi connectivity index (χ0) is 26.9. The zero-order valence-corrected chi connectivity index (χ0v) is 27.1. The fraction of sp³-hybridized carbons (Fsp3) is 0.657. The van der Waals surface area contributed by atoms with Crippen LogP contribution in [0.4, 0.5) is 0 Å². The molecule has 0 aliphatic carbocycles. The van der Waals surface area contributed by atoms with Crippen LogP contribution in [0.15, 0.2) is 35.0 Å². The number of ether oxygens (including phenoxy) is 1. The van der Waals surface area contributed by atoms with Crippen molar-refractivity contribution in [3.8, 4) is 5.75 Å². The minimum absolute atomic E-state index is 0.000275. The number of allylic oxidation sites excluding steroid dienone is 4. The van der Waals surface area contributed by atoms with Crippen LogP contribution >= 0.6 is 0 Å². The van der Waals surface area contributed by atoms with Gasteiger partial charge in [0.05, 0.1) is 0 Å². The van der Waals surface area contributed by atoms with Crippen LogP contribution in [0.5, 0.6) is 5.75 Å². The van der Waals surface area contributed by atoms with E-state index in [0.717, 1.165) is 12.8 Å². The molecule has 37 heavy (non-hydrogen) atoms. The Labute approximate surface area is 240 Å². The lowest BCUT2D eigenvalue weighted by atomic mass is 9.85. The van der Waals surface area contributed by atoms with Gasteiger partial charge in [-0.15, -0.1) is 0 Å². The van der Waals surface area contributed by atoms with E-state index in [1.54, 1.807) is 3.57 Å². The molecule has 0 saturated heterocycles. The summed E-state index contributed by atoms with van der Waals surface area (Å²) >= 11 is -0.140. The van der Waals surface area contributed by atoms with Gasteiger partial charge in [0.25, 0.3) is 0 Å². The Morgan fingerprint density at radius 2 is 1.32 bits per heavy atom. The molecule has 0 spiro atoms. The van der Waals surface area contributed by atoms with Gasteiger partial charge < -0.3 is 4.74 Å². The molecule has 1 aromatic carbocycles. The molecule has 1 heterocycles. The van der Waals surface area contributed by atoms with Crippen molar-refractivity contribution in [3.05, 3.63) is 60.8 Å². The number of fused-ring (bicyclic) bond motifs is 1. The number of hydrogen-bond acceptors (Lipinski definition) is 1. The Kier molecular flexibility index (Phi) is 15.9. The van der Waals surface area contributed by atoms with Crippen LogP contribution in [-0.2, 0) is 6.42 Å². The highest BCUT2D eigenvalue weighted by atomic mass is 127. The Bertz CT molecular complexity index is 865. The average molecular weight is 620 g/mol. The highest BCUT2D eigenvalue weighted by Crippen LogP contribution is 2.41. The highest BCUT2D eigenvalue weighted by molar-refractivity contribution is 5.51. The number of halogens is 1. The molecule has 0 aromatic heterocycles. The summed E-state index contributed by atoms with van der Waals surface area (Å²) in [5.41, 5.74) is 5.78. The van der Waals surface area contributed by atoms with Crippen molar-refractivity contribution in [1.82, 2.24) is 0 Å². The molecule has 1 aliphatic rings. The summed E-state index contributed by atoms with van der Waals surface area (Å²) in [5, 5.41) is 0. The molecule has 0 N–H and O–H groups in total. The lowest BCUT2D eigenvalue weighted by Crippen LogP contribution is -3.59. The maximum atomic E-state index is 6.81. The maximum Gasteiger partial charge on any atom is 0.350 e. The van der Waals surface area contributed by atoms with Crippen molar-refractivity contribution < 1.29 is 25.9 Å². The molecule has 208 valence electrons. The quantitative estimate of drug-likeness (QED) is 0.0865. The van der Waals surface area contributed by atoms with Gasteiger partial charge in [-0.2, -0.15) is 0 Å². The van der Waals surface area contributed by atoms with Gasteiger partial charge in [-0.05, 0) is 65.0 Å². The molecule has 1 aromatic rings. The summed E-state index contributed by atoms with van der Waals surface area (Å²) in [7, 11) is 0. The van der Waals surface area contributed by atoms with Gasteiger partial charge in [-0.1, -0.05) is 115 Å². The third-order valence-electron chi connectivity index (χ3n) is 8.20. The molecule has 1 atom stereocenters. The van der Waals surface area contributed by atoms with E-state index in [0.29, 0.717) is 0 Å². The van der Waals surface area contributed by atoms with Crippen molar-refractivity contribution in [2.45, 2.75) is 149 Å². The molecule has 0 bridgehead atoms. The fourth-order valence-electron chi connectivity index (χ4n) is 5.59. The van der Waals surface area contributed by atoms with Gasteiger partial charge in [0.1, 0.15) is 11.4 Å². The van der Waals surface area contributed by atoms with Gasteiger partial charge >= 0.3 is 21.2 Å². The summed E-state index contributed by atoms with van der Waals surface area (Å²) in [4.78, 5) is 0. The van der Waals surface area contributed by atoms with Crippen LogP contribution in [0.3, 0.4) is 0 Å². The molecule has 1 aliphatic heterocycles. The second-order valence-corrected chi connectivity index (χ2v) is 13.9.